The molecule has 0 fully saturated rings. The highest BCUT2D eigenvalue weighted by Crippen LogP contribution is 2.25. The van der Waals surface area contributed by atoms with Gasteiger partial charge >= 0.3 is 0 Å². The molecule has 1 aromatic rings. The molecule has 0 unspecified atom stereocenters. The zero-order chi connectivity index (χ0) is 15.7. The average molecular weight is 303 g/mol. The van der Waals surface area contributed by atoms with Crippen LogP contribution in [0, 0.1) is 19.7 Å². The molecule has 1 N–H and O–H groups in total. The van der Waals surface area contributed by atoms with Gasteiger partial charge in [-0.05, 0) is 51.0 Å². The van der Waals surface area contributed by atoms with Crippen LogP contribution in [0.1, 0.15) is 31.9 Å². The van der Waals surface area contributed by atoms with E-state index in [0.29, 0.717) is 11.1 Å². The molecule has 0 atom stereocenters. The number of rotatable bonds is 5. The van der Waals surface area contributed by atoms with E-state index in [4.69, 9.17) is 0 Å². The van der Waals surface area contributed by atoms with Crippen molar-refractivity contribution in [3.63, 3.8) is 0 Å². The maximum atomic E-state index is 13.3. The van der Waals surface area contributed by atoms with Crippen molar-refractivity contribution in [1.82, 2.24) is 4.31 Å². The minimum atomic E-state index is -3.76. The van der Waals surface area contributed by atoms with Gasteiger partial charge in [-0.2, -0.15) is 4.31 Å². The fraction of sp³-hybridized carbons (Fsp3) is 0.571. The molecule has 0 heterocycles. The molecule has 0 aromatic heterocycles. The molecule has 0 spiro atoms. The van der Waals surface area contributed by atoms with Gasteiger partial charge in [0.15, 0.2) is 0 Å². The van der Waals surface area contributed by atoms with Gasteiger partial charge < -0.3 is 5.11 Å². The first-order valence-corrected chi connectivity index (χ1v) is 7.92. The van der Waals surface area contributed by atoms with Crippen LogP contribution in [0.25, 0.3) is 0 Å². The van der Waals surface area contributed by atoms with Crippen molar-refractivity contribution in [3.8, 4) is 0 Å². The summed E-state index contributed by atoms with van der Waals surface area (Å²) in [6, 6.07) is 2.41. The number of benzene rings is 1. The highest BCUT2D eigenvalue weighted by Gasteiger charge is 2.30. The Hall–Kier alpha value is -0.980. The van der Waals surface area contributed by atoms with E-state index in [1.54, 1.807) is 34.6 Å². The fourth-order valence-electron chi connectivity index (χ4n) is 2.23. The van der Waals surface area contributed by atoms with Gasteiger partial charge in [0.25, 0.3) is 0 Å². The molecular formula is C14H22FNO3S. The van der Waals surface area contributed by atoms with E-state index in [2.05, 4.69) is 0 Å². The van der Waals surface area contributed by atoms with E-state index in [0.717, 1.165) is 0 Å². The molecule has 6 heteroatoms. The van der Waals surface area contributed by atoms with Crippen molar-refractivity contribution in [2.24, 2.45) is 0 Å². The second-order valence-corrected chi connectivity index (χ2v) is 7.49. The van der Waals surface area contributed by atoms with E-state index >= 15 is 0 Å². The zero-order valence-electron chi connectivity index (χ0n) is 12.6. The summed E-state index contributed by atoms with van der Waals surface area (Å²) in [4.78, 5) is 0.116. The maximum absolute atomic E-state index is 13.3. The van der Waals surface area contributed by atoms with E-state index in [-0.39, 0.29) is 18.0 Å². The molecule has 114 valence electrons. The quantitative estimate of drug-likeness (QED) is 0.907. The van der Waals surface area contributed by atoms with E-state index in [1.807, 2.05) is 0 Å². The third-order valence-electron chi connectivity index (χ3n) is 2.94. The van der Waals surface area contributed by atoms with Crippen molar-refractivity contribution < 1.29 is 17.9 Å². The summed E-state index contributed by atoms with van der Waals surface area (Å²) in [7, 11) is -3.76. The zero-order valence-corrected chi connectivity index (χ0v) is 13.4. The van der Waals surface area contributed by atoms with Crippen molar-refractivity contribution in [2.75, 3.05) is 13.1 Å². The van der Waals surface area contributed by atoms with Crippen LogP contribution in [0.3, 0.4) is 0 Å². The number of sulfonamides is 1. The molecule has 0 saturated heterocycles. The van der Waals surface area contributed by atoms with Gasteiger partial charge in [-0.1, -0.05) is 6.92 Å². The number of halogens is 1. The number of hydrogen-bond donors (Lipinski definition) is 1. The highest BCUT2D eigenvalue weighted by molar-refractivity contribution is 7.89. The number of nitrogens with zero attached hydrogens (tertiary/aromatic N) is 1. The van der Waals surface area contributed by atoms with Gasteiger partial charge in [0.1, 0.15) is 5.82 Å². The van der Waals surface area contributed by atoms with E-state index in [1.165, 1.54) is 16.4 Å². The molecule has 0 radical (unpaired) electrons. The van der Waals surface area contributed by atoms with E-state index in [9.17, 15) is 17.9 Å². The van der Waals surface area contributed by atoms with Crippen LogP contribution in [0.4, 0.5) is 4.39 Å². The lowest BCUT2D eigenvalue weighted by Gasteiger charge is -2.28. The number of aliphatic hydroxyl groups is 1. The van der Waals surface area contributed by atoms with Gasteiger partial charge in [-0.15, -0.1) is 0 Å². The molecule has 0 amide bonds. The van der Waals surface area contributed by atoms with E-state index < -0.39 is 21.4 Å². The Morgan fingerprint density at radius 3 is 2.05 bits per heavy atom. The average Bonchev–Trinajstić information content (AvgIpc) is 2.22. The lowest BCUT2D eigenvalue weighted by Crippen LogP contribution is -2.42. The molecule has 1 aromatic carbocycles. The van der Waals surface area contributed by atoms with Crippen LogP contribution in [-0.2, 0) is 10.0 Å². The lowest BCUT2D eigenvalue weighted by atomic mass is 10.1. The Balaban J connectivity index is 3.35. The topological polar surface area (TPSA) is 57.6 Å². The summed E-state index contributed by atoms with van der Waals surface area (Å²) < 4.78 is 39.9. The molecule has 20 heavy (non-hydrogen) atoms. The van der Waals surface area contributed by atoms with Crippen LogP contribution >= 0.6 is 0 Å². The summed E-state index contributed by atoms with van der Waals surface area (Å²) in [5.74, 6) is -0.454. The van der Waals surface area contributed by atoms with Crippen molar-refractivity contribution in [3.05, 3.63) is 29.1 Å². The van der Waals surface area contributed by atoms with Gasteiger partial charge in [-0.3, -0.25) is 0 Å². The van der Waals surface area contributed by atoms with Gasteiger partial charge in [0.05, 0.1) is 10.5 Å². The number of aryl methyl sites for hydroxylation is 2. The predicted molar refractivity (Wildman–Crippen MR) is 76.6 cm³/mol. The lowest BCUT2D eigenvalue weighted by molar-refractivity contribution is 0.0601. The molecule has 0 saturated carbocycles. The molecule has 4 nitrogen and oxygen atoms in total. The summed E-state index contributed by atoms with van der Waals surface area (Å²) in [6.07, 6.45) is 0. The summed E-state index contributed by atoms with van der Waals surface area (Å²) >= 11 is 0. The van der Waals surface area contributed by atoms with Crippen molar-refractivity contribution in [1.29, 1.82) is 0 Å². The summed E-state index contributed by atoms with van der Waals surface area (Å²) in [5, 5.41) is 9.85. The maximum Gasteiger partial charge on any atom is 0.243 e. The van der Waals surface area contributed by atoms with Crippen LogP contribution in [0.15, 0.2) is 17.0 Å². The Morgan fingerprint density at radius 2 is 1.70 bits per heavy atom. The first kappa shape index (κ1) is 17.1. The molecular weight excluding hydrogens is 281 g/mol. The second-order valence-electron chi connectivity index (χ2n) is 5.61. The Labute approximate surface area is 120 Å². The third-order valence-corrected chi connectivity index (χ3v) is 5.17. The molecule has 0 bridgehead atoms. The standard InChI is InChI=1S/C14H22FNO3S/c1-6-16(9-14(4,5)17)20(18,19)13-10(2)7-12(15)8-11(13)3/h7-8,17H,6,9H2,1-5H3. The first-order valence-electron chi connectivity index (χ1n) is 6.48. The minimum absolute atomic E-state index is 0.0118. The minimum Gasteiger partial charge on any atom is -0.389 e. The Kier molecular flexibility index (Phi) is 4.94. The van der Waals surface area contributed by atoms with Gasteiger partial charge in [-0.25, -0.2) is 12.8 Å². The Morgan fingerprint density at radius 1 is 1.25 bits per heavy atom. The number of likely N-dealkylation sites (N-methyl/N-ethyl adjacent to an activating group) is 1. The third kappa shape index (κ3) is 3.77. The second kappa shape index (κ2) is 5.79. The van der Waals surface area contributed by atoms with Crippen LogP contribution in [-0.4, -0.2) is 36.5 Å². The molecule has 0 aliphatic rings. The van der Waals surface area contributed by atoms with Crippen molar-refractivity contribution in [2.45, 2.75) is 45.1 Å². The first-order chi connectivity index (χ1) is 8.99. The summed E-state index contributed by atoms with van der Waals surface area (Å²) in [5.41, 5.74) is -0.390. The normalized spacial score (nSPS) is 13.0. The van der Waals surface area contributed by atoms with Crippen LogP contribution in [0.5, 0.6) is 0 Å². The fourth-order valence-corrected chi connectivity index (χ4v) is 4.25. The van der Waals surface area contributed by atoms with Crippen LogP contribution < -0.4 is 0 Å². The molecule has 0 aliphatic heterocycles. The largest absolute Gasteiger partial charge is 0.389 e. The summed E-state index contributed by atoms with van der Waals surface area (Å²) in [6.45, 7) is 8.18. The number of hydrogen-bond acceptors (Lipinski definition) is 3. The van der Waals surface area contributed by atoms with Gasteiger partial charge in [0, 0.05) is 13.1 Å². The van der Waals surface area contributed by atoms with Crippen LogP contribution in [0.2, 0.25) is 0 Å². The van der Waals surface area contributed by atoms with Crippen molar-refractivity contribution >= 4 is 10.0 Å². The SMILES string of the molecule is CCN(CC(C)(C)O)S(=O)(=O)c1c(C)cc(F)cc1C. The Bertz CT molecular complexity index is 568. The predicted octanol–water partition coefficient (Wildman–Crippen LogP) is 2.22. The van der Waals surface area contributed by atoms with Gasteiger partial charge in [0.2, 0.25) is 10.0 Å². The molecule has 1 rings (SSSR count). The monoisotopic (exact) mass is 303 g/mol. The molecule has 0 aliphatic carbocycles. The smallest absolute Gasteiger partial charge is 0.243 e. The highest BCUT2D eigenvalue weighted by atomic mass is 32.2.